The minimum atomic E-state index is -0.406. The summed E-state index contributed by atoms with van der Waals surface area (Å²) in [6.45, 7) is 1.10. The predicted octanol–water partition coefficient (Wildman–Crippen LogP) is 2.86. The summed E-state index contributed by atoms with van der Waals surface area (Å²) in [7, 11) is 1.61. The van der Waals surface area contributed by atoms with Crippen LogP contribution in [0.25, 0.3) is 0 Å². The Bertz CT molecular complexity index is 1000. The van der Waals surface area contributed by atoms with Crippen LogP contribution in [0.1, 0.15) is 27.6 Å². The summed E-state index contributed by atoms with van der Waals surface area (Å²) in [5.74, 6) is 0.0582. The van der Waals surface area contributed by atoms with Crippen molar-refractivity contribution in [1.82, 2.24) is 15.2 Å². The lowest BCUT2D eigenvalue weighted by Crippen LogP contribution is -2.35. The first-order valence-corrected chi connectivity index (χ1v) is 9.79. The molecule has 3 heterocycles. The first-order valence-electron chi connectivity index (χ1n) is 9.79. The van der Waals surface area contributed by atoms with Crippen LogP contribution in [0.15, 0.2) is 71.6 Å². The number of ether oxygens (including phenoxy) is 1. The van der Waals surface area contributed by atoms with Crippen LogP contribution in [0.3, 0.4) is 0 Å². The zero-order valence-corrected chi connectivity index (χ0v) is 16.7. The molecule has 2 atom stereocenters. The van der Waals surface area contributed by atoms with E-state index in [9.17, 15) is 9.59 Å². The largest absolute Gasteiger partial charge is 0.496 e. The number of pyridine rings is 1. The predicted molar refractivity (Wildman–Crippen MR) is 110 cm³/mol. The van der Waals surface area contributed by atoms with Crippen LogP contribution >= 0.6 is 0 Å². The molecule has 0 saturated carbocycles. The third-order valence-electron chi connectivity index (χ3n) is 5.40. The van der Waals surface area contributed by atoms with E-state index in [2.05, 4.69) is 10.3 Å². The summed E-state index contributed by atoms with van der Waals surface area (Å²) in [4.78, 5) is 31.7. The number of para-hydroxylation sites is 1. The third kappa shape index (κ3) is 4.05. The number of furan rings is 1. The average Bonchev–Trinajstić information content (AvgIpc) is 3.48. The van der Waals surface area contributed by atoms with Gasteiger partial charge in [-0.25, -0.2) is 0 Å². The van der Waals surface area contributed by atoms with Crippen LogP contribution in [-0.4, -0.2) is 41.9 Å². The minimum Gasteiger partial charge on any atom is -0.496 e. The summed E-state index contributed by atoms with van der Waals surface area (Å²) < 4.78 is 10.8. The lowest BCUT2D eigenvalue weighted by Gasteiger charge is -2.20. The van der Waals surface area contributed by atoms with E-state index in [0.717, 1.165) is 11.1 Å². The van der Waals surface area contributed by atoms with Gasteiger partial charge in [0.1, 0.15) is 5.75 Å². The van der Waals surface area contributed by atoms with Crippen molar-refractivity contribution in [2.24, 2.45) is 5.92 Å². The van der Waals surface area contributed by atoms with Gasteiger partial charge in [-0.05, 0) is 35.4 Å². The van der Waals surface area contributed by atoms with E-state index >= 15 is 0 Å². The Labute approximate surface area is 174 Å². The highest BCUT2D eigenvalue weighted by Gasteiger charge is 2.42. The van der Waals surface area contributed by atoms with E-state index in [1.165, 1.54) is 6.26 Å². The van der Waals surface area contributed by atoms with E-state index in [1.807, 2.05) is 36.4 Å². The highest BCUT2D eigenvalue weighted by Crippen LogP contribution is 2.38. The second-order valence-electron chi connectivity index (χ2n) is 7.22. The number of aromatic nitrogens is 1. The number of nitrogens with one attached hydrogen (secondary N) is 1. The van der Waals surface area contributed by atoms with Gasteiger partial charge in [-0.1, -0.05) is 24.3 Å². The van der Waals surface area contributed by atoms with Crippen molar-refractivity contribution in [3.05, 3.63) is 84.1 Å². The Hall–Kier alpha value is -3.61. The van der Waals surface area contributed by atoms with E-state index in [0.29, 0.717) is 25.4 Å². The van der Waals surface area contributed by atoms with Crippen LogP contribution in [0.5, 0.6) is 5.75 Å². The molecule has 1 fully saturated rings. The molecular formula is C23H23N3O4. The fraction of sp³-hybridized carbons (Fsp3) is 0.261. The molecule has 2 aromatic heterocycles. The van der Waals surface area contributed by atoms with Crippen LogP contribution in [-0.2, 0) is 11.3 Å². The minimum absolute atomic E-state index is 0.107. The number of rotatable bonds is 6. The maximum Gasteiger partial charge on any atom is 0.289 e. The molecule has 1 aliphatic heterocycles. The van der Waals surface area contributed by atoms with Gasteiger partial charge in [0, 0.05) is 37.9 Å². The summed E-state index contributed by atoms with van der Waals surface area (Å²) >= 11 is 0. The summed E-state index contributed by atoms with van der Waals surface area (Å²) in [5, 5.41) is 2.99. The third-order valence-corrected chi connectivity index (χ3v) is 5.40. The van der Waals surface area contributed by atoms with Gasteiger partial charge in [0.2, 0.25) is 5.91 Å². The molecule has 1 saturated heterocycles. The number of methoxy groups -OCH3 is 1. The molecule has 7 heteroatoms. The number of nitrogens with zero attached hydrogens (tertiary/aromatic N) is 2. The zero-order valence-electron chi connectivity index (χ0n) is 16.7. The highest BCUT2D eigenvalue weighted by molar-refractivity contribution is 5.92. The van der Waals surface area contributed by atoms with E-state index in [-0.39, 0.29) is 23.5 Å². The van der Waals surface area contributed by atoms with Crippen LogP contribution in [0.4, 0.5) is 0 Å². The fourth-order valence-electron chi connectivity index (χ4n) is 3.90. The molecule has 4 rings (SSSR count). The van der Waals surface area contributed by atoms with Crippen LogP contribution in [0.2, 0.25) is 0 Å². The fourth-order valence-corrected chi connectivity index (χ4v) is 3.90. The molecule has 30 heavy (non-hydrogen) atoms. The standard InChI is InChI=1S/C23H23N3O4/c1-29-20-8-3-2-7-17(20)18-14-26(23(28)21-9-5-11-30-21)15-19(18)22(27)25-13-16-6-4-10-24-12-16/h2-12,18-19H,13-15H2,1H3,(H,25,27). The molecular weight excluding hydrogens is 382 g/mol. The first-order chi connectivity index (χ1) is 14.7. The van der Waals surface area contributed by atoms with Gasteiger partial charge in [-0.3, -0.25) is 14.6 Å². The molecule has 7 nitrogen and oxygen atoms in total. The van der Waals surface area contributed by atoms with Gasteiger partial charge in [0.25, 0.3) is 5.91 Å². The number of likely N-dealkylation sites (tertiary alicyclic amines) is 1. The molecule has 1 aliphatic rings. The maximum atomic E-state index is 13.1. The Morgan fingerprint density at radius 2 is 2.03 bits per heavy atom. The summed E-state index contributed by atoms with van der Waals surface area (Å²) in [6.07, 6.45) is 4.89. The average molecular weight is 405 g/mol. The van der Waals surface area contributed by atoms with Gasteiger partial charge in [-0.2, -0.15) is 0 Å². The molecule has 1 N–H and O–H groups in total. The van der Waals surface area contributed by atoms with Crippen molar-refractivity contribution in [2.75, 3.05) is 20.2 Å². The first kappa shape index (κ1) is 19.7. The Balaban J connectivity index is 1.57. The number of hydrogen-bond donors (Lipinski definition) is 1. The number of amides is 2. The van der Waals surface area contributed by atoms with Crippen molar-refractivity contribution in [2.45, 2.75) is 12.5 Å². The lowest BCUT2D eigenvalue weighted by atomic mass is 9.87. The van der Waals surface area contributed by atoms with Gasteiger partial charge in [0.15, 0.2) is 5.76 Å². The van der Waals surface area contributed by atoms with Gasteiger partial charge in [-0.15, -0.1) is 0 Å². The normalized spacial score (nSPS) is 18.2. The Kier molecular flexibility index (Phi) is 5.79. The van der Waals surface area contributed by atoms with Crippen LogP contribution < -0.4 is 10.1 Å². The monoisotopic (exact) mass is 405 g/mol. The Morgan fingerprint density at radius 1 is 1.17 bits per heavy atom. The van der Waals surface area contributed by atoms with Gasteiger partial charge < -0.3 is 19.4 Å². The van der Waals surface area contributed by atoms with Gasteiger partial charge in [0.05, 0.1) is 19.3 Å². The number of hydrogen-bond acceptors (Lipinski definition) is 5. The van der Waals surface area contributed by atoms with E-state index in [4.69, 9.17) is 9.15 Å². The van der Waals surface area contributed by atoms with Crippen molar-refractivity contribution in [3.8, 4) is 5.75 Å². The smallest absolute Gasteiger partial charge is 0.289 e. The van der Waals surface area contributed by atoms with Crippen molar-refractivity contribution < 1.29 is 18.7 Å². The summed E-state index contributed by atoms with van der Waals surface area (Å²) in [5.41, 5.74) is 1.83. The molecule has 1 aromatic carbocycles. The lowest BCUT2D eigenvalue weighted by molar-refractivity contribution is -0.125. The molecule has 0 aliphatic carbocycles. The van der Waals surface area contributed by atoms with E-state index in [1.54, 1.807) is 36.5 Å². The van der Waals surface area contributed by atoms with Gasteiger partial charge >= 0.3 is 0 Å². The molecule has 2 unspecified atom stereocenters. The number of carbonyl (C=O) groups is 2. The second-order valence-corrected chi connectivity index (χ2v) is 7.22. The van der Waals surface area contributed by atoms with Crippen LogP contribution in [0, 0.1) is 5.92 Å². The van der Waals surface area contributed by atoms with Crippen molar-refractivity contribution in [3.63, 3.8) is 0 Å². The SMILES string of the molecule is COc1ccccc1C1CN(C(=O)c2ccco2)CC1C(=O)NCc1cccnc1. The second kappa shape index (κ2) is 8.82. The topological polar surface area (TPSA) is 84.7 Å². The van der Waals surface area contributed by atoms with Crippen molar-refractivity contribution >= 4 is 11.8 Å². The highest BCUT2D eigenvalue weighted by atomic mass is 16.5. The number of benzene rings is 1. The molecule has 0 bridgehead atoms. The zero-order chi connectivity index (χ0) is 20.9. The maximum absolute atomic E-state index is 13.1. The molecule has 3 aromatic rings. The van der Waals surface area contributed by atoms with E-state index < -0.39 is 5.92 Å². The molecule has 154 valence electrons. The quantitative estimate of drug-likeness (QED) is 0.682. The van der Waals surface area contributed by atoms with Crippen molar-refractivity contribution in [1.29, 1.82) is 0 Å². The molecule has 2 amide bonds. The molecule has 0 radical (unpaired) electrons. The summed E-state index contributed by atoms with van der Waals surface area (Å²) in [6, 6.07) is 14.7. The number of carbonyl (C=O) groups excluding carboxylic acids is 2. The Morgan fingerprint density at radius 3 is 2.77 bits per heavy atom. The molecule has 0 spiro atoms.